The molecule has 3 saturated heterocycles. The maximum absolute atomic E-state index is 13.2. The number of rotatable bonds is 5. The summed E-state index contributed by atoms with van der Waals surface area (Å²) in [5, 5.41) is 1.06. The molecule has 3 fully saturated rings. The molecule has 2 aromatic carbocycles. The number of pyridine rings is 1. The number of aryl methyl sites for hydroxylation is 1. The summed E-state index contributed by atoms with van der Waals surface area (Å²) in [6.07, 6.45) is 5.93. The Morgan fingerprint density at radius 2 is 2.00 bits per heavy atom. The third kappa shape index (κ3) is 3.77. The summed E-state index contributed by atoms with van der Waals surface area (Å²) in [7, 11) is 0. The van der Waals surface area contributed by atoms with Crippen molar-refractivity contribution in [1.29, 1.82) is 0 Å². The molecule has 4 nitrogen and oxygen atoms in total. The maximum atomic E-state index is 13.2. The molecular formula is C27H29N2O2+. The van der Waals surface area contributed by atoms with Crippen LogP contribution in [0.3, 0.4) is 0 Å². The van der Waals surface area contributed by atoms with E-state index in [2.05, 4.69) is 23.7 Å². The fourth-order valence-electron chi connectivity index (χ4n) is 5.49. The van der Waals surface area contributed by atoms with Gasteiger partial charge in [0.15, 0.2) is 6.10 Å². The lowest BCUT2D eigenvalue weighted by Crippen LogP contribution is -3.20. The Kier molecular flexibility index (Phi) is 5.33. The van der Waals surface area contributed by atoms with E-state index in [1.54, 1.807) is 0 Å². The van der Waals surface area contributed by atoms with Crippen LogP contribution in [-0.4, -0.2) is 30.1 Å². The Bertz CT molecular complexity index is 1100. The second-order valence-electron chi connectivity index (χ2n) is 9.01. The molecule has 5 atom stereocenters. The molecule has 0 aliphatic carbocycles. The molecule has 3 aromatic rings. The summed E-state index contributed by atoms with van der Waals surface area (Å²) in [6.45, 7) is 8.28. The van der Waals surface area contributed by atoms with E-state index in [1.165, 1.54) is 11.3 Å². The van der Waals surface area contributed by atoms with E-state index in [-0.39, 0.29) is 18.1 Å². The first kappa shape index (κ1) is 20.0. The molecule has 31 heavy (non-hydrogen) atoms. The molecule has 3 aliphatic rings. The highest BCUT2D eigenvalue weighted by Crippen LogP contribution is 2.36. The van der Waals surface area contributed by atoms with E-state index in [0.717, 1.165) is 41.5 Å². The van der Waals surface area contributed by atoms with Gasteiger partial charge in [0.05, 0.1) is 24.2 Å². The lowest BCUT2D eigenvalue weighted by Gasteiger charge is -2.48. The zero-order chi connectivity index (χ0) is 21.4. The van der Waals surface area contributed by atoms with Crippen LogP contribution < -0.4 is 4.90 Å². The first-order chi connectivity index (χ1) is 15.1. The van der Waals surface area contributed by atoms with Crippen molar-refractivity contribution in [2.45, 2.75) is 31.9 Å². The van der Waals surface area contributed by atoms with Crippen LogP contribution in [0.4, 0.5) is 0 Å². The van der Waals surface area contributed by atoms with Crippen molar-refractivity contribution in [3.63, 3.8) is 0 Å². The molecule has 6 rings (SSSR count). The number of piperidine rings is 3. The van der Waals surface area contributed by atoms with Crippen molar-refractivity contribution in [3.8, 4) is 0 Å². The number of esters is 1. The molecule has 4 heteroatoms. The number of nitrogens with one attached hydrogen (secondary N) is 1. The molecule has 0 spiro atoms. The quantitative estimate of drug-likeness (QED) is 0.509. The lowest BCUT2D eigenvalue weighted by molar-refractivity contribution is -0.949. The van der Waals surface area contributed by atoms with Crippen LogP contribution >= 0.6 is 0 Å². The van der Waals surface area contributed by atoms with Gasteiger partial charge in [0.1, 0.15) is 6.04 Å². The Morgan fingerprint density at radius 3 is 2.74 bits per heavy atom. The summed E-state index contributed by atoms with van der Waals surface area (Å²) < 4.78 is 6.32. The topological polar surface area (TPSA) is 43.6 Å². The highest BCUT2D eigenvalue weighted by atomic mass is 16.5. The highest BCUT2D eigenvalue weighted by molar-refractivity contribution is 5.90. The molecule has 1 unspecified atom stereocenters. The van der Waals surface area contributed by atoms with E-state index >= 15 is 0 Å². The molecule has 2 bridgehead atoms. The van der Waals surface area contributed by atoms with E-state index in [4.69, 9.17) is 4.74 Å². The number of hydrogen-bond donors (Lipinski definition) is 1. The van der Waals surface area contributed by atoms with Crippen molar-refractivity contribution in [3.05, 3.63) is 90.1 Å². The highest BCUT2D eigenvalue weighted by Gasteiger charge is 2.47. The average molecular weight is 414 g/mol. The second kappa shape index (κ2) is 8.27. The molecule has 4 heterocycles. The van der Waals surface area contributed by atoms with Crippen LogP contribution in [0, 0.1) is 18.8 Å². The maximum Gasteiger partial charge on any atom is 0.338 e. The third-order valence-electron chi connectivity index (χ3n) is 7.20. The van der Waals surface area contributed by atoms with Gasteiger partial charge in [-0.3, -0.25) is 4.98 Å². The van der Waals surface area contributed by atoms with Crippen molar-refractivity contribution >= 4 is 16.9 Å². The predicted molar refractivity (Wildman–Crippen MR) is 122 cm³/mol. The monoisotopic (exact) mass is 413 g/mol. The molecule has 1 N–H and O–H groups in total. The van der Waals surface area contributed by atoms with Crippen molar-refractivity contribution in [2.75, 3.05) is 13.1 Å². The Hall–Kier alpha value is -2.98. The number of quaternary nitrogens is 1. The number of benzene rings is 2. The molecule has 0 saturated carbocycles. The Balaban J connectivity index is 1.53. The number of ether oxygens (including phenoxy) is 1. The van der Waals surface area contributed by atoms with Crippen LogP contribution in [0.1, 0.15) is 40.4 Å². The minimum Gasteiger partial charge on any atom is -0.447 e. The zero-order valence-corrected chi connectivity index (χ0v) is 18.0. The number of para-hydroxylation sites is 1. The number of carbonyl (C=O) groups excluding carboxylic acids is 1. The van der Waals surface area contributed by atoms with Crippen LogP contribution in [0.25, 0.3) is 10.9 Å². The van der Waals surface area contributed by atoms with Crippen molar-refractivity contribution in [2.24, 2.45) is 11.8 Å². The number of aromatic nitrogens is 1. The van der Waals surface area contributed by atoms with E-state index in [0.29, 0.717) is 17.4 Å². The minimum absolute atomic E-state index is 0.246. The molecular weight excluding hydrogens is 384 g/mol. The molecule has 0 amide bonds. The largest absolute Gasteiger partial charge is 0.447 e. The SMILES string of the molecule is C=C[C@H]1C[NH+]2CC[C@@H]1C[C@H]2[C@@H](OC(=O)c1ccc(C)cc1)c1ccnc2ccccc12. The van der Waals surface area contributed by atoms with Crippen molar-refractivity contribution in [1.82, 2.24) is 4.98 Å². The van der Waals surface area contributed by atoms with Crippen LogP contribution in [0.15, 0.2) is 73.4 Å². The summed E-state index contributed by atoms with van der Waals surface area (Å²) in [4.78, 5) is 19.2. The van der Waals surface area contributed by atoms with Gasteiger partial charge in [0, 0.05) is 35.9 Å². The minimum atomic E-state index is -0.301. The normalized spacial score (nSPS) is 25.8. The molecule has 0 radical (unpaired) electrons. The summed E-state index contributed by atoms with van der Waals surface area (Å²) >= 11 is 0. The number of fused-ring (bicyclic) bond motifs is 4. The molecule has 158 valence electrons. The van der Waals surface area contributed by atoms with Gasteiger partial charge in [-0.1, -0.05) is 42.0 Å². The van der Waals surface area contributed by atoms with Gasteiger partial charge in [0.2, 0.25) is 0 Å². The average Bonchev–Trinajstić information content (AvgIpc) is 2.82. The van der Waals surface area contributed by atoms with E-state index in [1.807, 2.05) is 61.7 Å². The predicted octanol–water partition coefficient (Wildman–Crippen LogP) is 3.92. The number of carbonyl (C=O) groups is 1. The van der Waals surface area contributed by atoms with E-state index < -0.39 is 0 Å². The smallest absolute Gasteiger partial charge is 0.338 e. The van der Waals surface area contributed by atoms with Crippen molar-refractivity contribution < 1.29 is 14.4 Å². The van der Waals surface area contributed by atoms with Crippen LogP contribution in [0.5, 0.6) is 0 Å². The van der Waals surface area contributed by atoms with Gasteiger partial charge >= 0.3 is 5.97 Å². The van der Waals surface area contributed by atoms with Gasteiger partial charge in [-0.15, -0.1) is 6.58 Å². The van der Waals surface area contributed by atoms with Gasteiger partial charge in [-0.05, 0) is 37.1 Å². The van der Waals surface area contributed by atoms with Gasteiger partial charge in [0.25, 0.3) is 0 Å². The standard InChI is InChI=1S/C27H28N2O2/c1-3-19-17-29-15-13-21(19)16-25(29)26(31-27(30)20-10-8-18(2)9-11-20)23-12-14-28-24-7-5-4-6-22(23)24/h3-12,14,19,21,25-26H,1,13,15-17H2,2H3/p+1/t19-,21+,25-,26-/m0/s1. The van der Waals surface area contributed by atoms with Gasteiger partial charge < -0.3 is 9.64 Å². The third-order valence-corrected chi connectivity index (χ3v) is 7.20. The molecule has 3 aliphatic heterocycles. The number of hydrogen-bond acceptors (Lipinski definition) is 3. The second-order valence-corrected chi connectivity index (χ2v) is 9.01. The van der Waals surface area contributed by atoms with E-state index in [9.17, 15) is 4.79 Å². The first-order valence-corrected chi connectivity index (χ1v) is 11.2. The van der Waals surface area contributed by atoms with Crippen LogP contribution in [-0.2, 0) is 4.74 Å². The first-order valence-electron chi connectivity index (χ1n) is 11.2. The van der Waals surface area contributed by atoms with Crippen LogP contribution in [0.2, 0.25) is 0 Å². The summed E-state index contributed by atoms with van der Waals surface area (Å²) in [5.41, 5.74) is 3.73. The summed E-state index contributed by atoms with van der Waals surface area (Å²) in [5.74, 6) is 0.921. The fourth-order valence-corrected chi connectivity index (χ4v) is 5.49. The lowest BCUT2D eigenvalue weighted by atomic mass is 9.73. The number of nitrogens with zero attached hydrogens (tertiary/aromatic N) is 1. The van der Waals surface area contributed by atoms with Gasteiger partial charge in [-0.2, -0.15) is 0 Å². The Morgan fingerprint density at radius 1 is 1.19 bits per heavy atom. The van der Waals surface area contributed by atoms with Gasteiger partial charge in [-0.25, -0.2) is 4.79 Å². The molecule has 1 aromatic heterocycles. The summed E-state index contributed by atoms with van der Waals surface area (Å²) in [6, 6.07) is 18.0. The Labute approximate surface area is 183 Å². The zero-order valence-electron chi connectivity index (χ0n) is 18.0. The fraction of sp³-hybridized carbons (Fsp3) is 0.333.